The lowest BCUT2D eigenvalue weighted by molar-refractivity contribution is -0.385. The summed E-state index contributed by atoms with van der Waals surface area (Å²) >= 11 is 0.641. The van der Waals surface area contributed by atoms with Crippen LogP contribution < -0.4 is 4.74 Å². The smallest absolute Gasteiger partial charge is 0.416 e. The number of nitro groups is 1. The molecule has 0 radical (unpaired) electrons. The van der Waals surface area contributed by atoms with Crippen LogP contribution in [-0.2, 0) is 20.5 Å². The summed E-state index contributed by atoms with van der Waals surface area (Å²) in [5, 5.41) is 10.6. The molecule has 0 spiro atoms. The van der Waals surface area contributed by atoms with Gasteiger partial charge in [0.15, 0.2) is 0 Å². The minimum atomic E-state index is -4.75. The summed E-state index contributed by atoms with van der Waals surface area (Å²) in [5.74, 6) is -1.72. The first kappa shape index (κ1) is 24.8. The maximum Gasteiger partial charge on any atom is 0.416 e. The molecule has 1 aliphatic heterocycles. The summed E-state index contributed by atoms with van der Waals surface area (Å²) in [6.07, 6.45) is -3.35. The minimum absolute atomic E-state index is 0.0628. The molecule has 3 rings (SSSR count). The van der Waals surface area contributed by atoms with Crippen LogP contribution in [0.5, 0.6) is 11.5 Å². The minimum Gasteiger partial charge on any atom is -0.467 e. The Morgan fingerprint density at radius 2 is 1.82 bits per heavy atom. The van der Waals surface area contributed by atoms with Crippen molar-refractivity contribution in [1.82, 2.24) is 4.90 Å². The van der Waals surface area contributed by atoms with Gasteiger partial charge >= 0.3 is 17.8 Å². The van der Waals surface area contributed by atoms with E-state index in [9.17, 15) is 37.7 Å². The van der Waals surface area contributed by atoms with Gasteiger partial charge in [0.05, 0.1) is 22.5 Å². The molecule has 1 atom stereocenters. The highest BCUT2D eigenvalue weighted by Gasteiger charge is 2.41. The number of thioether (sulfide) groups is 1. The fourth-order valence-corrected chi connectivity index (χ4v) is 3.83. The molecule has 34 heavy (non-hydrogen) atoms. The molecule has 1 heterocycles. The lowest BCUT2D eigenvalue weighted by Crippen LogP contribution is -2.42. The molecule has 0 aliphatic carbocycles. The lowest BCUT2D eigenvalue weighted by Gasteiger charge is -2.18. The topological polar surface area (TPSA) is 116 Å². The molecule has 0 bridgehead atoms. The van der Waals surface area contributed by atoms with Crippen molar-refractivity contribution >= 4 is 40.6 Å². The van der Waals surface area contributed by atoms with Crippen molar-refractivity contribution in [2.45, 2.75) is 19.1 Å². The van der Waals surface area contributed by atoms with Gasteiger partial charge in [-0.1, -0.05) is 12.1 Å². The summed E-state index contributed by atoms with van der Waals surface area (Å²) in [5.41, 5.74) is -1.57. The lowest BCUT2D eigenvalue weighted by atomic mass is 10.1. The third-order valence-electron chi connectivity index (χ3n) is 4.64. The SMILES string of the molecule is COC(=O)[C@H](C)N1C(=O)S/C(=C/c2ccc(Oc3ccc(C(F)(F)F)cc3[N+](=O)[O-])cc2)C1=O. The highest BCUT2D eigenvalue weighted by atomic mass is 32.2. The number of alkyl halides is 3. The number of hydrogen-bond donors (Lipinski definition) is 0. The van der Waals surface area contributed by atoms with Gasteiger partial charge in [-0.05, 0) is 54.6 Å². The summed E-state index contributed by atoms with van der Waals surface area (Å²) in [6.45, 7) is 1.36. The first-order valence-electron chi connectivity index (χ1n) is 9.41. The number of amides is 2. The Morgan fingerprint density at radius 3 is 2.38 bits per heavy atom. The second-order valence-electron chi connectivity index (χ2n) is 6.86. The fraction of sp³-hybridized carbons (Fsp3) is 0.190. The van der Waals surface area contributed by atoms with Gasteiger partial charge in [-0.2, -0.15) is 13.2 Å². The van der Waals surface area contributed by atoms with Gasteiger partial charge < -0.3 is 9.47 Å². The number of nitro benzene ring substituents is 1. The Hall–Kier alpha value is -3.87. The summed E-state index contributed by atoms with van der Waals surface area (Å²) in [6, 6.07) is 6.53. The molecule has 178 valence electrons. The standard InChI is InChI=1S/C21H15F3N2O7S/c1-11(19(28)32-2)25-18(27)17(34-20(25)29)9-12-3-6-14(7-4-12)33-16-8-5-13(21(22,23)24)10-15(16)26(30)31/h3-11H,1-2H3/b17-9+/t11-/m0/s1. The molecule has 0 unspecified atom stereocenters. The van der Waals surface area contributed by atoms with Crippen LogP contribution >= 0.6 is 11.8 Å². The van der Waals surface area contributed by atoms with E-state index in [1.54, 1.807) is 0 Å². The molecule has 0 saturated carbocycles. The van der Waals surface area contributed by atoms with Gasteiger partial charge in [-0.25, -0.2) is 4.79 Å². The molecule has 9 nitrogen and oxygen atoms in total. The first-order valence-corrected chi connectivity index (χ1v) is 10.2. The Morgan fingerprint density at radius 1 is 1.18 bits per heavy atom. The molecule has 1 aliphatic rings. The number of methoxy groups -OCH3 is 1. The Kier molecular flexibility index (Phi) is 6.96. The second kappa shape index (κ2) is 9.55. The predicted molar refractivity (Wildman–Crippen MR) is 114 cm³/mol. The van der Waals surface area contributed by atoms with E-state index >= 15 is 0 Å². The first-order chi connectivity index (χ1) is 15.9. The number of ether oxygens (including phenoxy) is 2. The largest absolute Gasteiger partial charge is 0.467 e. The highest BCUT2D eigenvalue weighted by molar-refractivity contribution is 8.18. The Balaban J connectivity index is 1.80. The van der Waals surface area contributed by atoms with Crippen LogP contribution in [0.3, 0.4) is 0 Å². The third-order valence-corrected chi connectivity index (χ3v) is 5.53. The van der Waals surface area contributed by atoms with Crippen LogP contribution in [0.1, 0.15) is 18.1 Å². The average molecular weight is 496 g/mol. The fourth-order valence-electron chi connectivity index (χ4n) is 2.92. The summed E-state index contributed by atoms with van der Waals surface area (Å²) < 4.78 is 48.4. The number of rotatable bonds is 6. The third kappa shape index (κ3) is 5.20. The number of imide groups is 1. The van der Waals surface area contributed by atoms with E-state index in [4.69, 9.17) is 4.74 Å². The van der Waals surface area contributed by atoms with Crippen LogP contribution in [0.2, 0.25) is 0 Å². The molecule has 0 aromatic heterocycles. The van der Waals surface area contributed by atoms with E-state index < -0.39 is 45.5 Å². The zero-order chi connectivity index (χ0) is 25.2. The van der Waals surface area contributed by atoms with Gasteiger partial charge in [-0.15, -0.1) is 0 Å². The van der Waals surface area contributed by atoms with E-state index in [0.29, 0.717) is 29.5 Å². The van der Waals surface area contributed by atoms with E-state index in [1.807, 2.05) is 0 Å². The van der Waals surface area contributed by atoms with Crippen molar-refractivity contribution in [3.05, 3.63) is 68.6 Å². The molecule has 2 amide bonds. The van der Waals surface area contributed by atoms with Crippen molar-refractivity contribution in [3.8, 4) is 11.5 Å². The normalized spacial score (nSPS) is 16.0. The van der Waals surface area contributed by atoms with E-state index in [0.717, 1.165) is 18.1 Å². The van der Waals surface area contributed by atoms with Gasteiger partial charge in [0.25, 0.3) is 11.1 Å². The monoisotopic (exact) mass is 496 g/mol. The number of halogens is 3. The van der Waals surface area contributed by atoms with Crippen molar-refractivity contribution in [2.75, 3.05) is 7.11 Å². The van der Waals surface area contributed by atoms with Crippen LogP contribution in [-0.4, -0.2) is 40.1 Å². The average Bonchev–Trinajstić information content (AvgIpc) is 3.05. The number of nitrogens with zero attached hydrogens (tertiary/aromatic N) is 2. The Bertz CT molecular complexity index is 1200. The molecule has 2 aromatic rings. The van der Waals surface area contributed by atoms with Gasteiger partial charge in [-0.3, -0.25) is 24.6 Å². The molecule has 2 aromatic carbocycles. The maximum atomic E-state index is 12.8. The maximum absolute atomic E-state index is 12.8. The number of esters is 1. The van der Waals surface area contributed by atoms with E-state index in [-0.39, 0.29) is 16.4 Å². The Labute approximate surface area is 194 Å². The quantitative estimate of drug-likeness (QED) is 0.237. The molecule has 0 N–H and O–H groups in total. The zero-order valence-electron chi connectivity index (χ0n) is 17.5. The van der Waals surface area contributed by atoms with Gasteiger partial charge in [0.1, 0.15) is 11.8 Å². The number of carbonyl (C=O) groups excluding carboxylic acids is 3. The molecular weight excluding hydrogens is 481 g/mol. The molecule has 13 heteroatoms. The van der Waals surface area contributed by atoms with Gasteiger partial charge in [0.2, 0.25) is 5.75 Å². The van der Waals surface area contributed by atoms with Crippen molar-refractivity contribution in [1.29, 1.82) is 0 Å². The van der Waals surface area contributed by atoms with Crippen molar-refractivity contribution in [3.63, 3.8) is 0 Å². The number of benzene rings is 2. The predicted octanol–water partition coefficient (Wildman–Crippen LogP) is 5.00. The van der Waals surface area contributed by atoms with E-state index in [1.165, 1.54) is 37.3 Å². The molecular formula is C21H15F3N2O7S. The van der Waals surface area contributed by atoms with Gasteiger partial charge in [0, 0.05) is 6.07 Å². The second-order valence-corrected chi connectivity index (χ2v) is 7.85. The number of carbonyl (C=O) groups is 3. The van der Waals surface area contributed by atoms with Crippen LogP contribution in [0.4, 0.5) is 23.7 Å². The van der Waals surface area contributed by atoms with Crippen LogP contribution in [0.25, 0.3) is 6.08 Å². The summed E-state index contributed by atoms with van der Waals surface area (Å²) in [7, 11) is 1.14. The zero-order valence-corrected chi connectivity index (χ0v) is 18.3. The summed E-state index contributed by atoms with van der Waals surface area (Å²) in [4.78, 5) is 47.4. The van der Waals surface area contributed by atoms with Crippen molar-refractivity contribution in [2.24, 2.45) is 0 Å². The highest BCUT2D eigenvalue weighted by Crippen LogP contribution is 2.38. The molecule has 1 fully saturated rings. The van der Waals surface area contributed by atoms with Crippen LogP contribution in [0, 0.1) is 10.1 Å². The van der Waals surface area contributed by atoms with E-state index in [2.05, 4.69) is 4.74 Å². The molecule has 1 saturated heterocycles. The van der Waals surface area contributed by atoms with Crippen LogP contribution in [0.15, 0.2) is 47.4 Å². The number of hydrogen-bond acceptors (Lipinski definition) is 8. The van der Waals surface area contributed by atoms with Crippen molar-refractivity contribution < 1.29 is 42.0 Å².